The van der Waals surface area contributed by atoms with Crippen molar-refractivity contribution in [1.82, 2.24) is 15.2 Å². The number of benzene rings is 1. The van der Waals surface area contributed by atoms with Crippen molar-refractivity contribution in [3.8, 4) is 11.6 Å². The summed E-state index contributed by atoms with van der Waals surface area (Å²) in [5.74, 6) is 1.06. The number of nitrogens with one attached hydrogen (secondary N) is 1. The lowest BCUT2D eigenvalue weighted by Gasteiger charge is -2.42. The minimum Gasteiger partial charge on any atom is -0.402 e. The Kier molecular flexibility index (Phi) is 4.61. The van der Waals surface area contributed by atoms with Crippen molar-refractivity contribution in [2.45, 2.75) is 76.4 Å². The summed E-state index contributed by atoms with van der Waals surface area (Å²) in [5, 5.41) is 31.8. The molecular formula is C24H30N4O3. The number of aromatic nitrogens is 3. The van der Waals surface area contributed by atoms with Crippen molar-refractivity contribution in [2.75, 3.05) is 11.9 Å². The third kappa shape index (κ3) is 3.81. The molecule has 0 spiro atoms. The summed E-state index contributed by atoms with van der Waals surface area (Å²) in [6.07, 6.45) is 3.45. The van der Waals surface area contributed by atoms with Crippen molar-refractivity contribution >= 4 is 16.9 Å². The van der Waals surface area contributed by atoms with Crippen molar-refractivity contribution in [3.63, 3.8) is 0 Å². The fourth-order valence-corrected chi connectivity index (χ4v) is 4.50. The number of aliphatic hydroxyl groups excluding tert-OH is 1. The number of pyridine rings is 1. The van der Waals surface area contributed by atoms with E-state index in [-0.39, 0.29) is 18.1 Å². The van der Waals surface area contributed by atoms with E-state index in [0.717, 1.165) is 11.1 Å². The van der Waals surface area contributed by atoms with E-state index >= 15 is 0 Å². The lowest BCUT2D eigenvalue weighted by Crippen LogP contribution is -2.53. The van der Waals surface area contributed by atoms with Gasteiger partial charge in [0.15, 0.2) is 0 Å². The van der Waals surface area contributed by atoms with Crippen molar-refractivity contribution in [1.29, 1.82) is 0 Å². The second-order valence-corrected chi connectivity index (χ2v) is 10.4. The Labute approximate surface area is 181 Å². The van der Waals surface area contributed by atoms with Gasteiger partial charge in [0.2, 0.25) is 0 Å². The first-order valence-electron chi connectivity index (χ1n) is 11.0. The zero-order chi connectivity index (χ0) is 22.0. The number of hydrogen-bond acceptors (Lipinski definition) is 7. The predicted molar refractivity (Wildman–Crippen MR) is 119 cm³/mol. The van der Waals surface area contributed by atoms with Gasteiger partial charge >= 0.3 is 6.01 Å². The van der Waals surface area contributed by atoms with Crippen LogP contribution in [0.15, 0.2) is 22.6 Å². The van der Waals surface area contributed by atoms with Crippen LogP contribution in [0.2, 0.25) is 0 Å². The van der Waals surface area contributed by atoms with Crippen molar-refractivity contribution < 1.29 is 14.6 Å². The molecule has 0 bridgehead atoms. The maximum atomic E-state index is 9.96. The van der Waals surface area contributed by atoms with Crippen molar-refractivity contribution in [3.05, 3.63) is 34.9 Å². The quantitative estimate of drug-likeness (QED) is 0.569. The zero-order valence-electron chi connectivity index (χ0n) is 18.6. The monoisotopic (exact) mass is 422 g/mol. The van der Waals surface area contributed by atoms with Gasteiger partial charge in [0.05, 0.1) is 17.7 Å². The Bertz CT molecular complexity index is 1140. The standard InChI is InChI=1S/C24H30N4O3/c1-13-7-19(21-27-28-22(31-21)25-16-10-24(30,11-16)12-29)26-20-17(13)8-15(14-5-6-14)9-18(20)23(2,3)4/h7-9,14,16,29-30H,5-6,10-12H2,1-4H3,(H,25,28). The number of aryl methyl sites for hydroxylation is 1. The highest BCUT2D eigenvalue weighted by Crippen LogP contribution is 2.44. The van der Waals surface area contributed by atoms with Crippen LogP contribution >= 0.6 is 0 Å². The maximum Gasteiger partial charge on any atom is 0.316 e. The molecule has 2 aliphatic carbocycles. The van der Waals surface area contributed by atoms with Gasteiger partial charge in [0.1, 0.15) is 5.69 Å². The Morgan fingerprint density at radius 3 is 2.55 bits per heavy atom. The molecule has 3 N–H and O–H groups in total. The molecule has 2 fully saturated rings. The van der Waals surface area contributed by atoms with Crippen LogP contribution in [-0.4, -0.2) is 43.6 Å². The molecule has 0 amide bonds. The van der Waals surface area contributed by atoms with Crippen LogP contribution in [0.3, 0.4) is 0 Å². The number of anilines is 1. The predicted octanol–water partition coefficient (Wildman–Crippen LogP) is 4.07. The number of rotatable bonds is 5. The first-order valence-corrected chi connectivity index (χ1v) is 11.0. The second-order valence-electron chi connectivity index (χ2n) is 10.4. The lowest BCUT2D eigenvalue weighted by atomic mass is 9.76. The van der Waals surface area contributed by atoms with E-state index in [2.05, 4.69) is 55.3 Å². The average Bonchev–Trinajstić information content (AvgIpc) is 3.44. The smallest absolute Gasteiger partial charge is 0.316 e. The summed E-state index contributed by atoms with van der Waals surface area (Å²) in [6, 6.07) is 6.95. The third-order valence-corrected chi connectivity index (χ3v) is 6.52. The molecule has 2 aromatic heterocycles. The molecule has 2 saturated carbocycles. The van der Waals surface area contributed by atoms with Gasteiger partial charge in [-0.05, 0) is 72.8 Å². The van der Waals surface area contributed by atoms with E-state index in [1.165, 1.54) is 29.4 Å². The van der Waals surface area contributed by atoms with E-state index in [1.807, 2.05) is 6.07 Å². The molecule has 0 saturated heterocycles. The molecule has 3 aromatic rings. The first-order chi connectivity index (χ1) is 14.6. The van der Waals surface area contributed by atoms with Gasteiger partial charge in [-0.15, -0.1) is 5.10 Å². The van der Waals surface area contributed by atoms with Gasteiger partial charge in [0.25, 0.3) is 5.89 Å². The normalized spacial score (nSPS) is 23.7. The summed E-state index contributed by atoms with van der Waals surface area (Å²) in [7, 11) is 0. The average molecular weight is 423 g/mol. The molecule has 7 heteroatoms. The zero-order valence-corrected chi connectivity index (χ0v) is 18.6. The highest BCUT2D eigenvalue weighted by molar-refractivity contribution is 5.88. The van der Waals surface area contributed by atoms with E-state index < -0.39 is 5.60 Å². The highest BCUT2D eigenvalue weighted by atomic mass is 16.4. The van der Waals surface area contributed by atoms with Crippen LogP contribution in [0.5, 0.6) is 0 Å². The second kappa shape index (κ2) is 7.00. The van der Waals surface area contributed by atoms with Crippen LogP contribution in [0.25, 0.3) is 22.5 Å². The molecule has 7 nitrogen and oxygen atoms in total. The SMILES string of the molecule is Cc1cc(-c2nnc(NC3CC(O)(CO)C3)o2)nc2c(C(C)(C)C)cc(C3CC3)cc12. The minimum absolute atomic E-state index is 0.00471. The molecular weight excluding hydrogens is 392 g/mol. The van der Waals surface area contributed by atoms with Gasteiger partial charge in [-0.1, -0.05) is 31.9 Å². The summed E-state index contributed by atoms with van der Waals surface area (Å²) >= 11 is 0. The molecule has 5 rings (SSSR count). The van der Waals surface area contributed by atoms with Gasteiger partial charge in [-0.3, -0.25) is 0 Å². The Morgan fingerprint density at radius 1 is 1.16 bits per heavy atom. The molecule has 164 valence electrons. The Hall–Kier alpha value is -2.51. The summed E-state index contributed by atoms with van der Waals surface area (Å²) in [6.45, 7) is 8.55. The van der Waals surface area contributed by atoms with Crippen LogP contribution in [0.4, 0.5) is 6.01 Å². The molecule has 0 atom stereocenters. The maximum absolute atomic E-state index is 9.96. The molecule has 0 unspecified atom stereocenters. The van der Waals surface area contributed by atoms with Crippen LogP contribution < -0.4 is 5.32 Å². The topological polar surface area (TPSA) is 104 Å². The largest absolute Gasteiger partial charge is 0.402 e. The molecule has 1 aromatic carbocycles. The van der Waals surface area contributed by atoms with Gasteiger partial charge in [0, 0.05) is 11.4 Å². The van der Waals surface area contributed by atoms with E-state index in [4.69, 9.17) is 9.40 Å². The molecule has 0 aliphatic heterocycles. The Morgan fingerprint density at radius 2 is 1.90 bits per heavy atom. The molecule has 31 heavy (non-hydrogen) atoms. The number of nitrogens with zero attached hydrogens (tertiary/aromatic N) is 3. The van der Waals surface area contributed by atoms with Crippen molar-refractivity contribution in [2.24, 2.45) is 0 Å². The lowest BCUT2D eigenvalue weighted by molar-refractivity contribution is -0.0806. The molecule has 2 heterocycles. The number of fused-ring (bicyclic) bond motifs is 1. The van der Waals surface area contributed by atoms with Gasteiger partial charge in [-0.2, -0.15) is 0 Å². The van der Waals surface area contributed by atoms with Gasteiger partial charge < -0.3 is 19.9 Å². The van der Waals surface area contributed by atoms with Crippen LogP contribution in [-0.2, 0) is 5.41 Å². The van der Waals surface area contributed by atoms with Gasteiger partial charge in [-0.25, -0.2) is 4.98 Å². The molecule has 2 aliphatic rings. The molecule has 0 radical (unpaired) electrons. The van der Waals surface area contributed by atoms with Crippen LogP contribution in [0, 0.1) is 6.92 Å². The minimum atomic E-state index is -1.000. The van der Waals surface area contributed by atoms with E-state index in [0.29, 0.717) is 36.4 Å². The van der Waals surface area contributed by atoms with E-state index in [9.17, 15) is 10.2 Å². The summed E-state index contributed by atoms with van der Waals surface area (Å²) in [5.41, 5.74) is 4.43. The van der Waals surface area contributed by atoms with Crippen LogP contribution in [0.1, 0.15) is 69.1 Å². The summed E-state index contributed by atoms with van der Waals surface area (Å²) < 4.78 is 5.84. The third-order valence-electron chi connectivity index (χ3n) is 6.52. The fraction of sp³-hybridized carbons (Fsp3) is 0.542. The summed E-state index contributed by atoms with van der Waals surface area (Å²) in [4.78, 5) is 4.96. The number of aliphatic hydroxyl groups is 2. The number of hydrogen-bond donors (Lipinski definition) is 3. The van der Waals surface area contributed by atoms with E-state index in [1.54, 1.807) is 0 Å². The Balaban J connectivity index is 1.48. The highest BCUT2D eigenvalue weighted by Gasteiger charge is 2.42. The first kappa shape index (κ1) is 20.4. The fourth-order valence-electron chi connectivity index (χ4n) is 4.50.